The Hall–Kier alpha value is -2.91. The number of hydrogen-bond donors (Lipinski definition) is 1. The maximum atomic E-state index is 13.1. The van der Waals surface area contributed by atoms with Crippen LogP contribution in [0.5, 0.6) is 0 Å². The summed E-state index contributed by atoms with van der Waals surface area (Å²) in [6.45, 7) is 13.4. The number of fused-ring (bicyclic) bond motifs is 2. The number of nitrogens with one attached hydrogen (secondary N) is 1. The van der Waals surface area contributed by atoms with Gasteiger partial charge in [0, 0.05) is 69.2 Å². The van der Waals surface area contributed by atoms with Crippen LogP contribution >= 0.6 is 11.3 Å². The molecule has 0 radical (unpaired) electrons. The monoisotopic (exact) mass is 508 g/mol. The molecule has 2 saturated heterocycles. The van der Waals surface area contributed by atoms with E-state index in [4.69, 9.17) is 4.98 Å². The van der Waals surface area contributed by atoms with Crippen molar-refractivity contribution in [2.24, 2.45) is 5.92 Å². The van der Waals surface area contributed by atoms with Crippen molar-refractivity contribution < 1.29 is 9.59 Å². The summed E-state index contributed by atoms with van der Waals surface area (Å²) >= 11 is 1.61. The molecule has 9 heteroatoms. The summed E-state index contributed by atoms with van der Waals surface area (Å²) in [4.78, 5) is 36.6. The molecule has 0 bridgehead atoms. The molecule has 4 heterocycles. The van der Waals surface area contributed by atoms with E-state index in [0.717, 1.165) is 78.7 Å². The lowest BCUT2D eigenvalue weighted by atomic mass is 9.91. The number of piperazine rings is 1. The van der Waals surface area contributed by atoms with Crippen molar-refractivity contribution in [3.05, 3.63) is 48.3 Å². The van der Waals surface area contributed by atoms with Crippen molar-refractivity contribution >= 4 is 38.5 Å². The molecule has 192 valence electrons. The number of para-hydroxylation sites is 1. The number of carbonyl (C=O) groups is 2. The van der Waals surface area contributed by atoms with E-state index in [2.05, 4.69) is 36.8 Å². The zero-order chi connectivity index (χ0) is 25.2. The number of hydrogen-bond acceptors (Lipinski definition) is 7. The van der Waals surface area contributed by atoms with Gasteiger partial charge < -0.3 is 9.80 Å². The van der Waals surface area contributed by atoms with E-state index in [0.29, 0.717) is 13.0 Å². The van der Waals surface area contributed by atoms with Crippen LogP contribution in [-0.4, -0.2) is 76.8 Å². The van der Waals surface area contributed by atoms with E-state index in [9.17, 15) is 9.59 Å². The third-order valence-corrected chi connectivity index (χ3v) is 8.63. The maximum Gasteiger partial charge on any atom is 0.248 e. The largest absolute Gasteiger partial charge is 0.340 e. The third-order valence-electron chi connectivity index (χ3n) is 7.61. The van der Waals surface area contributed by atoms with Gasteiger partial charge in [-0.3, -0.25) is 19.9 Å². The molecule has 0 saturated carbocycles. The number of nitrogens with zero attached hydrogens (tertiary/aromatic N) is 5. The van der Waals surface area contributed by atoms with Crippen LogP contribution in [0.1, 0.15) is 39.5 Å². The van der Waals surface area contributed by atoms with Gasteiger partial charge in [0.25, 0.3) is 0 Å². The van der Waals surface area contributed by atoms with Gasteiger partial charge in [-0.2, -0.15) is 0 Å². The second-order valence-corrected chi connectivity index (χ2v) is 10.9. The first kappa shape index (κ1) is 24.8. The van der Waals surface area contributed by atoms with Crippen molar-refractivity contribution in [3.8, 4) is 0 Å². The summed E-state index contributed by atoms with van der Waals surface area (Å²) in [7, 11) is 0. The Morgan fingerprint density at radius 1 is 1.17 bits per heavy atom. The zero-order valence-corrected chi connectivity index (χ0v) is 22.1. The number of rotatable bonds is 8. The predicted molar refractivity (Wildman–Crippen MR) is 144 cm³/mol. The first-order valence-electron chi connectivity index (χ1n) is 13.1. The molecule has 1 aromatic carbocycles. The highest BCUT2D eigenvalue weighted by molar-refractivity contribution is 7.22. The van der Waals surface area contributed by atoms with Gasteiger partial charge >= 0.3 is 0 Å². The van der Waals surface area contributed by atoms with Crippen molar-refractivity contribution in [2.45, 2.75) is 45.6 Å². The molecule has 3 aliphatic heterocycles. The minimum Gasteiger partial charge on any atom is -0.340 e. The Labute approximate surface area is 217 Å². The standard InChI is InChI=1S/C27H36N6O2S/c1-4-5-6-11-24(34)31-15-12-30(13-16-31)14-17-32-19(2)26-20(3)33(29-22(26)18-25(32)35)27-28-21-9-7-8-10-23(21)36-27/h7-10,18-19,26,29H,3-6,11-17H2,1-2H3. The summed E-state index contributed by atoms with van der Waals surface area (Å²) in [5, 5.41) is 2.77. The van der Waals surface area contributed by atoms with E-state index in [1.807, 2.05) is 33.0 Å². The highest BCUT2D eigenvalue weighted by Gasteiger charge is 2.43. The van der Waals surface area contributed by atoms with Gasteiger partial charge in [-0.05, 0) is 25.5 Å². The van der Waals surface area contributed by atoms with Gasteiger partial charge in [-0.15, -0.1) is 0 Å². The van der Waals surface area contributed by atoms with E-state index in [1.165, 1.54) is 0 Å². The van der Waals surface area contributed by atoms with Gasteiger partial charge in [0.2, 0.25) is 16.9 Å². The fraction of sp³-hybridized carbons (Fsp3) is 0.519. The number of amides is 2. The van der Waals surface area contributed by atoms with E-state index in [-0.39, 0.29) is 23.8 Å². The first-order valence-corrected chi connectivity index (χ1v) is 13.9. The molecular weight excluding hydrogens is 472 g/mol. The lowest BCUT2D eigenvalue weighted by Crippen LogP contribution is -2.53. The normalized spacial score (nSPS) is 22.7. The van der Waals surface area contributed by atoms with Crippen molar-refractivity contribution in [3.63, 3.8) is 0 Å². The average molecular weight is 509 g/mol. The van der Waals surface area contributed by atoms with Crippen LogP contribution in [0.4, 0.5) is 5.13 Å². The number of hydrazine groups is 1. The van der Waals surface area contributed by atoms with Crippen LogP contribution in [0.25, 0.3) is 10.2 Å². The summed E-state index contributed by atoms with van der Waals surface area (Å²) in [5.41, 5.74) is 6.16. The smallest absolute Gasteiger partial charge is 0.248 e. The second kappa shape index (κ2) is 10.6. The van der Waals surface area contributed by atoms with Crippen LogP contribution in [0, 0.1) is 5.92 Å². The van der Waals surface area contributed by atoms with Crippen molar-refractivity contribution in [1.29, 1.82) is 0 Å². The Kier molecular flexibility index (Phi) is 7.29. The lowest BCUT2D eigenvalue weighted by molar-refractivity contribution is -0.133. The molecule has 36 heavy (non-hydrogen) atoms. The minimum atomic E-state index is -0.00156. The summed E-state index contributed by atoms with van der Waals surface area (Å²) in [6, 6.07) is 8.08. The van der Waals surface area contributed by atoms with Crippen molar-refractivity contribution in [1.82, 2.24) is 25.1 Å². The molecule has 0 spiro atoms. The van der Waals surface area contributed by atoms with Crippen LogP contribution in [-0.2, 0) is 9.59 Å². The van der Waals surface area contributed by atoms with Crippen molar-refractivity contribution in [2.75, 3.05) is 44.3 Å². The Morgan fingerprint density at radius 2 is 1.94 bits per heavy atom. The number of thiazole rings is 1. The number of anilines is 1. The minimum absolute atomic E-state index is 0.00156. The lowest BCUT2D eigenvalue weighted by Gasteiger charge is -2.39. The first-order chi connectivity index (χ1) is 17.5. The SMILES string of the molecule is C=C1C2C(=CC(=O)N(CCN3CCN(C(=O)CCCCC)CC3)C2C)NN1c1nc2ccccc2s1. The Balaban J connectivity index is 1.17. The Morgan fingerprint density at radius 3 is 2.69 bits per heavy atom. The third kappa shape index (κ3) is 4.86. The van der Waals surface area contributed by atoms with Gasteiger partial charge in [-0.25, -0.2) is 9.99 Å². The molecule has 2 fully saturated rings. The highest BCUT2D eigenvalue weighted by atomic mass is 32.1. The van der Waals surface area contributed by atoms with Gasteiger partial charge in [0.15, 0.2) is 0 Å². The number of benzene rings is 1. The molecule has 1 N–H and O–H groups in total. The number of unbranched alkanes of at least 4 members (excludes halogenated alkanes) is 2. The zero-order valence-electron chi connectivity index (χ0n) is 21.3. The number of aromatic nitrogens is 1. The van der Waals surface area contributed by atoms with Gasteiger partial charge in [0.05, 0.1) is 16.1 Å². The summed E-state index contributed by atoms with van der Waals surface area (Å²) in [5.74, 6) is 0.336. The molecule has 3 aliphatic rings. The molecule has 0 aliphatic carbocycles. The van der Waals surface area contributed by atoms with Crippen LogP contribution in [0.2, 0.25) is 0 Å². The van der Waals surface area contributed by atoms with Crippen LogP contribution < -0.4 is 10.4 Å². The van der Waals surface area contributed by atoms with Crippen LogP contribution in [0.15, 0.2) is 48.3 Å². The average Bonchev–Trinajstić information content (AvgIpc) is 3.45. The molecular formula is C27H36N6O2S. The molecule has 8 nitrogen and oxygen atoms in total. The predicted octanol–water partition coefficient (Wildman–Crippen LogP) is 3.59. The molecule has 2 amide bonds. The molecule has 2 unspecified atom stereocenters. The maximum absolute atomic E-state index is 13.1. The molecule has 1 aromatic heterocycles. The summed E-state index contributed by atoms with van der Waals surface area (Å²) < 4.78 is 1.12. The fourth-order valence-corrected chi connectivity index (χ4v) is 6.40. The van der Waals surface area contributed by atoms with Gasteiger partial charge in [0.1, 0.15) is 0 Å². The summed E-state index contributed by atoms with van der Waals surface area (Å²) in [6.07, 6.45) is 5.62. The Bertz CT molecular complexity index is 1130. The second-order valence-electron chi connectivity index (χ2n) is 9.93. The van der Waals surface area contributed by atoms with E-state index < -0.39 is 0 Å². The quantitative estimate of drug-likeness (QED) is 0.550. The number of carbonyl (C=O) groups excluding carboxylic acids is 2. The molecule has 2 atom stereocenters. The molecule has 2 aromatic rings. The molecule has 5 rings (SSSR count). The van der Waals surface area contributed by atoms with Crippen LogP contribution in [0.3, 0.4) is 0 Å². The van der Waals surface area contributed by atoms with E-state index in [1.54, 1.807) is 17.4 Å². The highest BCUT2D eigenvalue weighted by Crippen LogP contribution is 2.40. The topological polar surface area (TPSA) is 72.0 Å². The fourth-order valence-electron chi connectivity index (χ4n) is 5.44. The van der Waals surface area contributed by atoms with E-state index >= 15 is 0 Å². The van der Waals surface area contributed by atoms with Gasteiger partial charge in [-0.1, -0.05) is 49.8 Å².